The summed E-state index contributed by atoms with van der Waals surface area (Å²) < 4.78 is 11.6. The Hall–Kier alpha value is -2.66. The molecule has 3 N–H and O–H groups in total. The molecule has 2 heterocycles. The van der Waals surface area contributed by atoms with Gasteiger partial charge in [0.1, 0.15) is 41.5 Å². The smallest absolute Gasteiger partial charge is 0.148 e. The van der Waals surface area contributed by atoms with Gasteiger partial charge in [0.15, 0.2) is 0 Å². The van der Waals surface area contributed by atoms with Crippen molar-refractivity contribution in [2.24, 2.45) is 0 Å². The van der Waals surface area contributed by atoms with Crippen LogP contribution in [0.15, 0.2) is 36.1 Å². The standard InChI is InChI=1S/C18H16O5/c1-2-10-13(20)6-5-12-17(21)16-11-4-3-9(19)7-14(11)22-8-15(16)23-18(10)12/h3-7,17,19-21H,2,8H2,1H3. The van der Waals surface area contributed by atoms with Crippen LogP contribution < -0.4 is 9.47 Å². The summed E-state index contributed by atoms with van der Waals surface area (Å²) in [6, 6.07) is 8.03. The van der Waals surface area contributed by atoms with Gasteiger partial charge in [0.25, 0.3) is 0 Å². The number of ether oxygens (including phenoxy) is 2. The second-order valence-corrected chi connectivity index (χ2v) is 5.65. The van der Waals surface area contributed by atoms with Gasteiger partial charge in [-0.1, -0.05) is 6.92 Å². The second kappa shape index (κ2) is 4.93. The fourth-order valence-corrected chi connectivity index (χ4v) is 3.20. The lowest BCUT2D eigenvalue weighted by Crippen LogP contribution is -2.23. The molecule has 2 aliphatic heterocycles. The largest absolute Gasteiger partial charge is 0.508 e. The van der Waals surface area contributed by atoms with E-state index in [0.29, 0.717) is 45.9 Å². The van der Waals surface area contributed by atoms with Crippen LogP contribution in [0.4, 0.5) is 0 Å². The van der Waals surface area contributed by atoms with E-state index < -0.39 is 6.10 Å². The SMILES string of the molecule is CCc1c(O)ccc2c1OC1=C(c3ccc(O)cc3OC1)C2O. The highest BCUT2D eigenvalue weighted by molar-refractivity contribution is 5.81. The number of fused-ring (bicyclic) bond motifs is 3. The van der Waals surface area contributed by atoms with E-state index in [1.54, 1.807) is 24.3 Å². The van der Waals surface area contributed by atoms with Crippen molar-refractivity contribution in [1.82, 2.24) is 0 Å². The van der Waals surface area contributed by atoms with Gasteiger partial charge in [-0.05, 0) is 30.7 Å². The zero-order valence-corrected chi connectivity index (χ0v) is 12.5. The van der Waals surface area contributed by atoms with Crippen LogP contribution in [0.25, 0.3) is 5.57 Å². The molecule has 0 saturated heterocycles. The number of phenolic OH excluding ortho intramolecular Hbond substituents is 2. The first kappa shape index (κ1) is 14.0. The van der Waals surface area contributed by atoms with Crippen molar-refractivity contribution in [2.45, 2.75) is 19.4 Å². The van der Waals surface area contributed by atoms with Gasteiger partial charge < -0.3 is 24.8 Å². The molecule has 0 radical (unpaired) electrons. The summed E-state index contributed by atoms with van der Waals surface area (Å²) in [7, 11) is 0. The topological polar surface area (TPSA) is 79.2 Å². The number of hydrogen-bond acceptors (Lipinski definition) is 5. The molecular formula is C18H16O5. The second-order valence-electron chi connectivity index (χ2n) is 5.65. The quantitative estimate of drug-likeness (QED) is 0.754. The van der Waals surface area contributed by atoms with Gasteiger partial charge in [-0.3, -0.25) is 0 Å². The lowest BCUT2D eigenvalue weighted by atomic mass is 9.88. The van der Waals surface area contributed by atoms with Crippen LogP contribution in [0.2, 0.25) is 0 Å². The van der Waals surface area contributed by atoms with Gasteiger partial charge in [-0.15, -0.1) is 0 Å². The van der Waals surface area contributed by atoms with Crippen LogP contribution in [0.1, 0.15) is 29.7 Å². The van der Waals surface area contributed by atoms with Crippen LogP contribution >= 0.6 is 0 Å². The van der Waals surface area contributed by atoms with Crippen molar-refractivity contribution in [3.63, 3.8) is 0 Å². The molecule has 4 rings (SSSR count). The fraction of sp³-hybridized carbons (Fsp3) is 0.222. The number of rotatable bonds is 1. The number of hydrogen-bond donors (Lipinski definition) is 3. The molecule has 0 saturated carbocycles. The fourth-order valence-electron chi connectivity index (χ4n) is 3.20. The van der Waals surface area contributed by atoms with Crippen molar-refractivity contribution in [2.75, 3.05) is 6.61 Å². The van der Waals surface area contributed by atoms with E-state index >= 15 is 0 Å². The predicted molar refractivity (Wildman–Crippen MR) is 83.6 cm³/mol. The van der Waals surface area contributed by atoms with Gasteiger partial charge in [-0.2, -0.15) is 0 Å². The summed E-state index contributed by atoms with van der Waals surface area (Å²) in [5.74, 6) is 1.82. The van der Waals surface area contributed by atoms with Gasteiger partial charge in [0, 0.05) is 28.3 Å². The van der Waals surface area contributed by atoms with Gasteiger partial charge in [0.2, 0.25) is 0 Å². The lowest BCUT2D eigenvalue weighted by molar-refractivity contribution is 0.197. The number of aliphatic hydroxyl groups is 1. The molecule has 0 bridgehead atoms. The number of benzene rings is 2. The molecule has 0 amide bonds. The minimum absolute atomic E-state index is 0.109. The Morgan fingerprint density at radius 3 is 2.78 bits per heavy atom. The van der Waals surface area contributed by atoms with Crippen LogP contribution in [-0.4, -0.2) is 21.9 Å². The zero-order chi connectivity index (χ0) is 16.1. The third kappa shape index (κ3) is 1.97. The molecular weight excluding hydrogens is 296 g/mol. The Morgan fingerprint density at radius 1 is 1.17 bits per heavy atom. The lowest BCUT2D eigenvalue weighted by Gasteiger charge is -2.33. The summed E-state index contributed by atoms with van der Waals surface area (Å²) in [6.45, 7) is 2.09. The summed E-state index contributed by atoms with van der Waals surface area (Å²) in [5, 5.41) is 30.4. The molecule has 2 aromatic rings. The Labute approximate surface area is 133 Å². The van der Waals surface area contributed by atoms with Crippen LogP contribution in [0.5, 0.6) is 23.0 Å². The molecule has 118 valence electrons. The molecule has 2 aliphatic rings. The molecule has 5 nitrogen and oxygen atoms in total. The highest BCUT2D eigenvalue weighted by Gasteiger charge is 2.35. The van der Waals surface area contributed by atoms with Gasteiger partial charge >= 0.3 is 0 Å². The zero-order valence-electron chi connectivity index (χ0n) is 12.5. The van der Waals surface area contributed by atoms with Crippen molar-refractivity contribution >= 4 is 5.57 Å². The molecule has 0 aromatic heterocycles. The Morgan fingerprint density at radius 2 is 2.00 bits per heavy atom. The maximum absolute atomic E-state index is 10.8. The maximum Gasteiger partial charge on any atom is 0.148 e. The minimum Gasteiger partial charge on any atom is -0.508 e. The minimum atomic E-state index is -0.869. The summed E-state index contributed by atoms with van der Waals surface area (Å²) in [4.78, 5) is 0. The summed E-state index contributed by atoms with van der Waals surface area (Å²) in [5.41, 5.74) is 2.64. The van der Waals surface area contributed by atoms with Crippen molar-refractivity contribution in [3.05, 3.63) is 52.8 Å². The van der Waals surface area contributed by atoms with E-state index in [9.17, 15) is 15.3 Å². The molecule has 0 aliphatic carbocycles. The molecule has 0 spiro atoms. The van der Waals surface area contributed by atoms with Crippen LogP contribution in [0, 0.1) is 0 Å². The van der Waals surface area contributed by atoms with E-state index in [1.165, 1.54) is 6.07 Å². The molecule has 2 aromatic carbocycles. The number of aromatic hydroxyl groups is 2. The highest BCUT2D eigenvalue weighted by Crippen LogP contribution is 2.49. The van der Waals surface area contributed by atoms with Gasteiger partial charge in [0.05, 0.1) is 0 Å². The first-order valence-corrected chi connectivity index (χ1v) is 7.50. The average Bonchev–Trinajstić information content (AvgIpc) is 2.54. The Kier molecular flexibility index (Phi) is 2.99. The van der Waals surface area contributed by atoms with Crippen molar-refractivity contribution in [1.29, 1.82) is 0 Å². The predicted octanol–water partition coefficient (Wildman–Crippen LogP) is 2.89. The van der Waals surface area contributed by atoms with Crippen LogP contribution in [-0.2, 0) is 6.42 Å². The summed E-state index contributed by atoms with van der Waals surface area (Å²) in [6.07, 6.45) is -0.276. The molecule has 5 heteroatoms. The molecule has 1 unspecified atom stereocenters. The Bertz CT molecular complexity index is 838. The first-order valence-electron chi connectivity index (χ1n) is 7.50. The average molecular weight is 312 g/mol. The third-order valence-corrected chi connectivity index (χ3v) is 4.33. The number of aliphatic hydroxyl groups excluding tert-OH is 1. The molecule has 23 heavy (non-hydrogen) atoms. The van der Waals surface area contributed by atoms with E-state index in [2.05, 4.69) is 0 Å². The highest BCUT2D eigenvalue weighted by atomic mass is 16.5. The van der Waals surface area contributed by atoms with E-state index in [0.717, 1.165) is 0 Å². The molecule has 1 atom stereocenters. The van der Waals surface area contributed by atoms with Gasteiger partial charge in [-0.25, -0.2) is 0 Å². The van der Waals surface area contributed by atoms with Crippen LogP contribution in [0.3, 0.4) is 0 Å². The number of phenols is 2. The molecule has 0 fully saturated rings. The Balaban J connectivity index is 1.89. The van der Waals surface area contributed by atoms with E-state index in [4.69, 9.17) is 9.47 Å². The first-order chi connectivity index (χ1) is 11.1. The van der Waals surface area contributed by atoms with E-state index in [1.807, 2.05) is 6.92 Å². The maximum atomic E-state index is 10.8. The van der Waals surface area contributed by atoms with E-state index in [-0.39, 0.29) is 18.1 Å². The summed E-state index contributed by atoms with van der Waals surface area (Å²) >= 11 is 0. The van der Waals surface area contributed by atoms with Crippen molar-refractivity contribution in [3.8, 4) is 23.0 Å². The normalized spacial score (nSPS) is 18.4. The van der Waals surface area contributed by atoms with Crippen molar-refractivity contribution < 1.29 is 24.8 Å². The monoisotopic (exact) mass is 312 g/mol. The third-order valence-electron chi connectivity index (χ3n) is 4.33.